The first-order valence-corrected chi connectivity index (χ1v) is 2.39. The van der Waals surface area contributed by atoms with Crippen LogP contribution in [0.2, 0.25) is 0 Å². The number of aliphatic hydroxyl groups is 1. The van der Waals surface area contributed by atoms with Gasteiger partial charge >= 0.3 is 0 Å². The van der Waals surface area contributed by atoms with Crippen molar-refractivity contribution in [2.24, 2.45) is 0 Å². The van der Waals surface area contributed by atoms with Gasteiger partial charge in [-0.2, -0.15) is 5.26 Å². The van der Waals surface area contributed by atoms with E-state index in [1.54, 1.807) is 13.8 Å². The van der Waals surface area contributed by atoms with E-state index in [4.69, 9.17) is 10.4 Å². The molecule has 0 heterocycles. The van der Waals surface area contributed by atoms with Gasteiger partial charge in [-0.25, -0.2) is 0 Å². The molecule has 0 aliphatic heterocycles. The lowest BCUT2D eigenvalue weighted by Crippen LogP contribution is -1.87. The quantitative estimate of drug-likeness (QED) is 0.509. The topological polar surface area (TPSA) is 44.0 Å². The van der Waals surface area contributed by atoms with E-state index in [2.05, 4.69) is 0 Å². The van der Waals surface area contributed by atoms with E-state index in [-0.39, 0.29) is 6.61 Å². The molecule has 44 valence electrons. The van der Waals surface area contributed by atoms with Crippen LogP contribution >= 0.6 is 0 Å². The summed E-state index contributed by atoms with van der Waals surface area (Å²) in [4.78, 5) is 0. The van der Waals surface area contributed by atoms with E-state index < -0.39 is 0 Å². The fraction of sp³-hybridized carbons (Fsp3) is 0.500. The van der Waals surface area contributed by atoms with Gasteiger partial charge in [0.25, 0.3) is 0 Å². The lowest BCUT2D eigenvalue weighted by molar-refractivity contribution is 0.334. The highest BCUT2D eigenvalue weighted by Gasteiger charge is 1.91. The van der Waals surface area contributed by atoms with Gasteiger partial charge in [0.2, 0.25) is 0 Å². The number of hydrogen-bond donors (Lipinski definition) is 1. The molecular weight excluding hydrogens is 102 g/mol. The Labute approximate surface area is 49.1 Å². The second-order valence-electron chi connectivity index (χ2n) is 1.75. The maximum absolute atomic E-state index is 8.42. The number of allylic oxidation sites excluding steroid dienone is 1. The maximum Gasteiger partial charge on any atom is 0.0970 e. The standard InChI is InChI=1S/C6H9NO/c1-5(2)6(3-7)4-8/h8H,4H2,1-2H3. The Hall–Kier alpha value is -0.810. The molecule has 0 rings (SSSR count). The van der Waals surface area contributed by atoms with E-state index in [1.165, 1.54) is 0 Å². The van der Waals surface area contributed by atoms with Crippen LogP contribution in [-0.4, -0.2) is 11.7 Å². The van der Waals surface area contributed by atoms with Crippen molar-refractivity contribution in [1.82, 2.24) is 0 Å². The Morgan fingerprint density at radius 2 is 2.12 bits per heavy atom. The number of rotatable bonds is 1. The molecule has 0 amide bonds. The normalized spacial score (nSPS) is 7.75. The third kappa shape index (κ3) is 1.76. The molecule has 0 bridgehead atoms. The van der Waals surface area contributed by atoms with Crippen molar-refractivity contribution in [2.75, 3.05) is 6.61 Å². The van der Waals surface area contributed by atoms with E-state index in [0.29, 0.717) is 5.57 Å². The molecule has 0 aliphatic rings. The van der Waals surface area contributed by atoms with Gasteiger partial charge in [-0.05, 0) is 13.8 Å². The summed E-state index contributed by atoms with van der Waals surface area (Å²) in [6, 6.07) is 1.88. The van der Waals surface area contributed by atoms with Crippen molar-refractivity contribution >= 4 is 0 Å². The molecule has 2 nitrogen and oxygen atoms in total. The van der Waals surface area contributed by atoms with E-state index in [1.807, 2.05) is 6.07 Å². The van der Waals surface area contributed by atoms with Crippen LogP contribution in [0.25, 0.3) is 0 Å². The molecule has 0 aromatic heterocycles. The zero-order chi connectivity index (χ0) is 6.57. The number of hydrogen-bond acceptors (Lipinski definition) is 2. The summed E-state index contributed by atoms with van der Waals surface area (Å²) in [5, 5.41) is 16.6. The van der Waals surface area contributed by atoms with Crippen molar-refractivity contribution in [1.29, 1.82) is 5.26 Å². The SMILES string of the molecule is CC(C)=C(C#N)CO. The number of nitriles is 1. The Kier molecular flexibility index (Phi) is 2.90. The molecule has 0 unspecified atom stereocenters. The number of nitrogens with zero attached hydrogens (tertiary/aromatic N) is 1. The Bertz CT molecular complexity index is 137. The van der Waals surface area contributed by atoms with Gasteiger partial charge in [-0.3, -0.25) is 0 Å². The molecule has 0 aromatic rings. The first-order chi connectivity index (χ1) is 3.72. The second-order valence-corrected chi connectivity index (χ2v) is 1.75. The molecule has 0 saturated heterocycles. The zero-order valence-electron chi connectivity index (χ0n) is 5.10. The third-order valence-electron chi connectivity index (χ3n) is 0.897. The molecule has 0 radical (unpaired) electrons. The highest BCUT2D eigenvalue weighted by molar-refractivity contribution is 5.25. The van der Waals surface area contributed by atoms with Crippen LogP contribution in [0.15, 0.2) is 11.1 Å². The van der Waals surface area contributed by atoms with Crippen LogP contribution in [0, 0.1) is 11.3 Å². The van der Waals surface area contributed by atoms with Crippen molar-refractivity contribution in [3.63, 3.8) is 0 Å². The minimum atomic E-state index is -0.140. The molecule has 0 aromatic carbocycles. The predicted molar refractivity (Wildman–Crippen MR) is 31.1 cm³/mol. The largest absolute Gasteiger partial charge is 0.391 e. The average molecular weight is 111 g/mol. The highest BCUT2D eigenvalue weighted by Crippen LogP contribution is 1.98. The molecule has 2 heteroatoms. The summed E-state index contributed by atoms with van der Waals surface area (Å²) in [6.07, 6.45) is 0. The van der Waals surface area contributed by atoms with Gasteiger partial charge in [0, 0.05) is 0 Å². The van der Waals surface area contributed by atoms with E-state index in [9.17, 15) is 0 Å². The molecule has 0 atom stereocenters. The monoisotopic (exact) mass is 111 g/mol. The predicted octanol–water partition coefficient (Wildman–Crippen LogP) is 0.839. The Balaban J connectivity index is 4.15. The van der Waals surface area contributed by atoms with E-state index >= 15 is 0 Å². The summed E-state index contributed by atoms with van der Waals surface area (Å²) in [7, 11) is 0. The lowest BCUT2D eigenvalue weighted by atomic mass is 10.2. The molecule has 0 spiro atoms. The molecule has 0 saturated carbocycles. The fourth-order valence-electron chi connectivity index (χ4n) is 0.305. The summed E-state index contributed by atoms with van der Waals surface area (Å²) in [6.45, 7) is 3.46. The van der Waals surface area contributed by atoms with Crippen molar-refractivity contribution in [2.45, 2.75) is 13.8 Å². The fourth-order valence-corrected chi connectivity index (χ4v) is 0.305. The minimum Gasteiger partial charge on any atom is -0.391 e. The van der Waals surface area contributed by atoms with Crippen molar-refractivity contribution in [3.8, 4) is 6.07 Å². The van der Waals surface area contributed by atoms with Crippen LogP contribution < -0.4 is 0 Å². The van der Waals surface area contributed by atoms with E-state index in [0.717, 1.165) is 5.57 Å². The van der Waals surface area contributed by atoms with Crippen LogP contribution in [0.4, 0.5) is 0 Å². The first-order valence-electron chi connectivity index (χ1n) is 2.39. The summed E-state index contributed by atoms with van der Waals surface area (Å²) in [5.41, 5.74) is 1.35. The zero-order valence-corrected chi connectivity index (χ0v) is 5.10. The summed E-state index contributed by atoms with van der Waals surface area (Å²) < 4.78 is 0. The van der Waals surface area contributed by atoms with Gasteiger partial charge < -0.3 is 5.11 Å². The molecule has 8 heavy (non-hydrogen) atoms. The molecular formula is C6H9NO. The van der Waals surface area contributed by atoms with Gasteiger partial charge in [0.15, 0.2) is 0 Å². The Morgan fingerprint density at radius 1 is 1.62 bits per heavy atom. The average Bonchev–Trinajstić information content (AvgIpc) is 1.69. The lowest BCUT2D eigenvalue weighted by Gasteiger charge is -1.90. The summed E-state index contributed by atoms with van der Waals surface area (Å²) in [5.74, 6) is 0. The smallest absolute Gasteiger partial charge is 0.0970 e. The summed E-state index contributed by atoms with van der Waals surface area (Å²) >= 11 is 0. The van der Waals surface area contributed by atoms with Gasteiger partial charge in [-0.1, -0.05) is 5.57 Å². The minimum absolute atomic E-state index is 0.140. The number of aliphatic hydroxyl groups excluding tert-OH is 1. The molecule has 0 aliphatic carbocycles. The maximum atomic E-state index is 8.42. The Morgan fingerprint density at radius 3 is 2.12 bits per heavy atom. The van der Waals surface area contributed by atoms with Crippen molar-refractivity contribution in [3.05, 3.63) is 11.1 Å². The van der Waals surface area contributed by atoms with Crippen molar-refractivity contribution < 1.29 is 5.11 Å². The second kappa shape index (κ2) is 3.23. The highest BCUT2D eigenvalue weighted by atomic mass is 16.3. The molecule has 0 fully saturated rings. The van der Waals surface area contributed by atoms with Gasteiger partial charge in [-0.15, -0.1) is 0 Å². The van der Waals surface area contributed by atoms with Crippen LogP contribution in [0.1, 0.15) is 13.8 Å². The van der Waals surface area contributed by atoms with Crippen LogP contribution in [0.3, 0.4) is 0 Å². The van der Waals surface area contributed by atoms with Crippen LogP contribution in [0.5, 0.6) is 0 Å². The molecule has 1 N–H and O–H groups in total. The van der Waals surface area contributed by atoms with Gasteiger partial charge in [0.1, 0.15) is 0 Å². The first kappa shape index (κ1) is 7.19. The van der Waals surface area contributed by atoms with Crippen LogP contribution in [-0.2, 0) is 0 Å². The third-order valence-corrected chi connectivity index (χ3v) is 0.897. The van der Waals surface area contributed by atoms with Gasteiger partial charge in [0.05, 0.1) is 18.2 Å².